The Morgan fingerprint density at radius 3 is 2.48 bits per heavy atom. The van der Waals surface area contributed by atoms with Crippen molar-refractivity contribution in [2.24, 2.45) is 16.8 Å². The average molecular weight is 345 g/mol. The van der Waals surface area contributed by atoms with Crippen LogP contribution in [0.4, 0.5) is 0 Å². The van der Waals surface area contributed by atoms with Gasteiger partial charge in [-0.2, -0.15) is 0 Å². The molecule has 1 aliphatic heterocycles. The lowest BCUT2D eigenvalue weighted by atomic mass is 9.82. The molecule has 1 saturated carbocycles. The third kappa shape index (κ3) is 4.20. The summed E-state index contributed by atoms with van der Waals surface area (Å²) < 4.78 is 10.8. The van der Waals surface area contributed by atoms with Crippen LogP contribution in [0.2, 0.25) is 0 Å². The quantitative estimate of drug-likeness (QED) is 0.658. The van der Waals surface area contributed by atoms with E-state index < -0.39 is 0 Å². The van der Waals surface area contributed by atoms with Gasteiger partial charge < -0.3 is 19.7 Å². The van der Waals surface area contributed by atoms with Gasteiger partial charge in [0.2, 0.25) is 0 Å². The van der Waals surface area contributed by atoms with Crippen LogP contribution in [0.5, 0.6) is 11.5 Å². The lowest BCUT2D eigenvalue weighted by Gasteiger charge is -2.22. The van der Waals surface area contributed by atoms with Gasteiger partial charge in [0.05, 0.1) is 14.2 Å². The smallest absolute Gasteiger partial charge is 0.193 e. The zero-order valence-corrected chi connectivity index (χ0v) is 15.8. The number of hydrogen-bond acceptors (Lipinski definition) is 3. The highest BCUT2D eigenvalue weighted by molar-refractivity contribution is 5.80. The maximum atomic E-state index is 5.47. The monoisotopic (exact) mass is 345 g/mol. The van der Waals surface area contributed by atoms with Gasteiger partial charge in [0.25, 0.3) is 0 Å². The fraction of sp³-hybridized carbons (Fsp3) is 0.650. The summed E-state index contributed by atoms with van der Waals surface area (Å²) >= 11 is 0. The number of rotatable bonds is 5. The fourth-order valence-corrected chi connectivity index (χ4v) is 4.30. The van der Waals surface area contributed by atoms with E-state index in [0.29, 0.717) is 0 Å². The maximum Gasteiger partial charge on any atom is 0.193 e. The molecule has 1 aromatic carbocycles. The molecule has 138 valence electrons. The predicted molar refractivity (Wildman–Crippen MR) is 102 cm³/mol. The predicted octanol–water partition coefficient (Wildman–Crippen LogP) is 2.94. The lowest BCUT2D eigenvalue weighted by molar-refractivity contribution is 0.299. The number of guanidine groups is 1. The van der Waals surface area contributed by atoms with E-state index in [1.54, 1.807) is 14.2 Å². The van der Waals surface area contributed by atoms with Crippen molar-refractivity contribution in [1.29, 1.82) is 0 Å². The van der Waals surface area contributed by atoms with Crippen molar-refractivity contribution in [1.82, 2.24) is 10.2 Å². The van der Waals surface area contributed by atoms with Crippen LogP contribution < -0.4 is 14.8 Å². The molecule has 5 heteroatoms. The number of hydrogen-bond donors (Lipinski definition) is 1. The van der Waals surface area contributed by atoms with E-state index >= 15 is 0 Å². The van der Waals surface area contributed by atoms with Crippen LogP contribution in [0.15, 0.2) is 23.2 Å². The summed E-state index contributed by atoms with van der Waals surface area (Å²) in [5.41, 5.74) is 1.15. The molecule has 1 heterocycles. The van der Waals surface area contributed by atoms with Crippen LogP contribution >= 0.6 is 0 Å². The SMILES string of the molecule is CN=C(NCCc1cc(OC)ccc1OC)N1CC2CCCCC2C1. The minimum atomic E-state index is 0.835. The third-order valence-corrected chi connectivity index (χ3v) is 5.65. The first-order valence-electron chi connectivity index (χ1n) is 9.41. The molecular formula is C20H31N3O2. The molecule has 1 N–H and O–H groups in total. The van der Waals surface area contributed by atoms with Crippen molar-refractivity contribution in [2.45, 2.75) is 32.1 Å². The van der Waals surface area contributed by atoms with E-state index in [1.807, 2.05) is 25.2 Å². The molecule has 3 rings (SSSR count). The Morgan fingerprint density at radius 1 is 1.16 bits per heavy atom. The molecule has 2 aliphatic rings. The van der Waals surface area contributed by atoms with Gasteiger partial charge in [-0.25, -0.2) is 0 Å². The molecular weight excluding hydrogens is 314 g/mol. The molecule has 1 saturated heterocycles. The summed E-state index contributed by atoms with van der Waals surface area (Å²) in [4.78, 5) is 6.96. The molecule has 2 atom stereocenters. The van der Waals surface area contributed by atoms with Crippen LogP contribution in [0, 0.1) is 11.8 Å². The van der Waals surface area contributed by atoms with E-state index in [4.69, 9.17) is 9.47 Å². The highest BCUT2D eigenvalue weighted by Gasteiger charge is 2.35. The molecule has 0 amide bonds. The van der Waals surface area contributed by atoms with E-state index in [9.17, 15) is 0 Å². The third-order valence-electron chi connectivity index (χ3n) is 5.65. The van der Waals surface area contributed by atoms with Gasteiger partial charge >= 0.3 is 0 Å². The number of benzene rings is 1. The van der Waals surface area contributed by atoms with Crippen molar-refractivity contribution < 1.29 is 9.47 Å². The summed E-state index contributed by atoms with van der Waals surface area (Å²) in [6.07, 6.45) is 6.45. The first-order valence-corrected chi connectivity index (χ1v) is 9.41. The molecule has 2 fully saturated rings. The van der Waals surface area contributed by atoms with Gasteiger partial charge in [-0.3, -0.25) is 4.99 Å². The minimum Gasteiger partial charge on any atom is -0.497 e. The second-order valence-electron chi connectivity index (χ2n) is 7.11. The zero-order chi connectivity index (χ0) is 17.6. The summed E-state index contributed by atoms with van der Waals surface area (Å²) in [6.45, 7) is 3.15. The highest BCUT2D eigenvalue weighted by atomic mass is 16.5. The van der Waals surface area contributed by atoms with Crippen LogP contribution in [0.25, 0.3) is 0 Å². The van der Waals surface area contributed by atoms with Crippen molar-refractivity contribution >= 4 is 5.96 Å². The van der Waals surface area contributed by atoms with Crippen molar-refractivity contribution in [3.8, 4) is 11.5 Å². The maximum absolute atomic E-state index is 5.47. The van der Waals surface area contributed by atoms with Crippen molar-refractivity contribution in [2.75, 3.05) is 40.9 Å². The molecule has 25 heavy (non-hydrogen) atoms. The molecule has 2 unspecified atom stereocenters. The Balaban J connectivity index is 1.55. The van der Waals surface area contributed by atoms with Gasteiger partial charge in [-0.1, -0.05) is 12.8 Å². The second-order valence-corrected chi connectivity index (χ2v) is 7.11. The van der Waals surface area contributed by atoms with Gasteiger partial charge in [0.1, 0.15) is 11.5 Å². The molecule has 1 aliphatic carbocycles. The van der Waals surface area contributed by atoms with Gasteiger partial charge in [0, 0.05) is 26.7 Å². The highest BCUT2D eigenvalue weighted by Crippen LogP contribution is 2.35. The largest absolute Gasteiger partial charge is 0.497 e. The number of methoxy groups -OCH3 is 2. The molecule has 0 aromatic heterocycles. The Kier molecular flexibility index (Phi) is 6.05. The van der Waals surface area contributed by atoms with Gasteiger partial charge in [-0.15, -0.1) is 0 Å². The Labute approximate surface area is 151 Å². The zero-order valence-electron chi connectivity index (χ0n) is 15.8. The number of aliphatic imine (C=N–C) groups is 1. The van der Waals surface area contributed by atoms with Crippen LogP contribution in [-0.2, 0) is 6.42 Å². The number of likely N-dealkylation sites (tertiary alicyclic amines) is 1. The van der Waals surface area contributed by atoms with Crippen molar-refractivity contribution in [3.05, 3.63) is 23.8 Å². The fourth-order valence-electron chi connectivity index (χ4n) is 4.30. The van der Waals surface area contributed by atoms with Crippen LogP contribution in [0.3, 0.4) is 0 Å². The molecule has 0 radical (unpaired) electrons. The molecule has 1 aromatic rings. The topological polar surface area (TPSA) is 46.1 Å². The molecule has 0 spiro atoms. The minimum absolute atomic E-state index is 0.835. The van der Waals surface area contributed by atoms with Crippen LogP contribution in [0.1, 0.15) is 31.2 Å². The first-order chi connectivity index (χ1) is 12.2. The average Bonchev–Trinajstić information content (AvgIpc) is 3.08. The second kappa shape index (κ2) is 8.45. The Bertz CT molecular complexity index is 589. The normalized spacial score (nSPS) is 23.3. The standard InChI is InChI=1S/C20H31N3O2/c1-21-20(23-13-16-6-4-5-7-17(16)14-23)22-11-10-15-12-18(24-2)8-9-19(15)25-3/h8-9,12,16-17H,4-7,10-11,13-14H2,1-3H3,(H,21,22). The molecule has 0 bridgehead atoms. The summed E-state index contributed by atoms with van der Waals surface area (Å²) in [5, 5.41) is 3.54. The summed E-state index contributed by atoms with van der Waals surface area (Å²) in [7, 11) is 5.29. The van der Waals surface area contributed by atoms with E-state index in [-0.39, 0.29) is 0 Å². The van der Waals surface area contributed by atoms with E-state index in [1.165, 1.54) is 25.7 Å². The van der Waals surface area contributed by atoms with Crippen molar-refractivity contribution in [3.63, 3.8) is 0 Å². The Hall–Kier alpha value is -1.91. The van der Waals surface area contributed by atoms with Gasteiger partial charge in [0.15, 0.2) is 5.96 Å². The number of nitrogens with zero attached hydrogens (tertiary/aromatic N) is 2. The Morgan fingerprint density at radius 2 is 1.88 bits per heavy atom. The number of ether oxygens (including phenoxy) is 2. The number of fused-ring (bicyclic) bond motifs is 1. The van der Waals surface area contributed by atoms with Gasteiger partial charge in [-0.05, 0) is 54.9 Å². The summed E-state index contributed by atoms with van der Waals surface area (Å²) in [6, 6.07) is 5.95. The first kappa shape index (κ1) is 17.9. The summed E-state index contributed by atoms with van der Waals surface area (Å²) in [5.74, 6) is 4.54. The van der Waals surface area contributed by atoms with E-state index in [2.05, 4.69) is 15.2 Å². The lowest BCUT2D eigenvalue weighted by Crippen LogP contribution is -2.41. The van der Waals surface area contributed by atoms with Crippen LogP contribution in [-0.4, -0.2) is 51.8 Å². The number of nitrogens with one attached hydrogen (secondary N) is 1. The molecule has 5 nitrogen and oxygen atoms in total. The van der Waals surface area contributed by atoms with E-state index in [0.717, 1.165) is 60.9 Å².